The summed E-state index contributed by atoms with van der Waals surface area (Å²) in [6.07, 6.45) is 1.69. The van der Waals surface area contributed by atoms with E-state index in [-0.39, 0.29) is 11.8 Å². The smallest absolute Gasteiger partial charge is 0.278 e. The van der Waals surface area contributed by atoms with Gasteiger partial charge in [0.1, 0.15) is 5.70 Å². The second-order valence-corrected chi connectivity index (χ2v) is 6.99. The second-order valence-electron chi connectivity index (χ2n) is 6.99. The van der Waals surface area contributed by atoms with Crippen molar-refractivity contribution in [2.24, 2.45) is 0 Å². The third kappa shape index (κ3) is 3.65. The zero-order valence-corrected chi connectivity index (χ0v) is 16.4. The molecule has 0 unspecified atom stereocenters. The fraction of sp³-hybridized carbons (Fsp3) is 0.304. The molecule has 0 fully saturated rings. The van der Waals surface area contributed by atoms with Gasteiger partial charge in [0.05, 0.1) is 5.57 Å². The van der Waals surface area contributed by atoms with Crippen LogP contribution < -0.4 is 5.32 Å². The number of benzene rings is 2. The number of carbonyl (C=O) groups excluding carboxylic acids is 2. The predicted molar refractivity (Wildman–Crippen MR) is 109 cm³/mol. The summed E-state index contributed by atoms with van der Waals surface area (Å²) in [5, 5.41) is 3.21. The minimum absolute atomic E-state index is 0.224. The summed E-state index contributed by atoms with van der Waals surface area (Å²) in [7, 11) is 0. The lowest BCUT2D eigenvalue weighted by Gasteiger charge is -2.14. The molecule has 2 aromatic carbocycles. The third-order valence-corrected chi connectivity index (χ3v) is 5.04. The summed E-state index contributed by atoms with van der Waals surface area (Å²) < 4.78 is 0. The molecule has 27 heavy (non-hydrogen) atoms. The van der Waals surface area contributed by atoms with Gasteiger partial charge in [-0.3, -0.25) is 14.5 Å². The Balaban J connectivity index is 2.06. The molecule has 0 bridgehead atoms. The molecule has 3 rings (SSSR count). The van der Waals surface area contributed by atoms with Crippen LogP contribution >= 0.6 is 0 Å². The van der Waals surface area contributed by atoms with Gasteiger partial charge in [-0.15, -0.1) is 0 Å². The standard InChI is InChI=1S/C23H26N2O2/c1-5-13-25-22(26)20(18-10-7-15(3)16(4)14-18)21(23(25)27)24-19-11-8-17(6-2)9-12-19/h7-12,14,24H,5-6,13H2,1-4H3. The van der Waals surface area contributed by atoms with Crippen molar-refractivity contribution >= 4 is 23.1 Å². The number of imide groups is 1. The minimum atomic E-state index is -0.255. The van der Waals surface area contributed by atoms with Crippen molar-refractivity contribution in [1.29, 1.82) is 0 Å². The van der Waals surface area contributed by atoms with Crippen molar-refractivity contribution in [3.63, 3.8) is 0 Å². The second kappa shape index (κ2) is 7.78. The Morgan fingerprint density at radius 3 is 2.19 bits per heavy atom. The van der Waals surface area contributed by atoms with E-state index in [1.54, 1.807) is 0 Å². The lowest BCUT2D eigenvalue weighted by molar-refractivity contribution is -0.136. The Kier molecular flexibility index (Phi) is 5.45. The average Bonchev–Trinajstić information content (AvgIpc) is 2.89. The first-order valence-electron chi connectivity index (χ1n) is 9.50. The Morgan fingerprint density at radius 2 is 1.59 bits per heavy atom. The molecule has 0 aliphatic carbocycles. The molecular weight excluding hydrogens is 336 g/mol. The molecule has 1 aliphatic heterocycles. The SMILES string of the molecule is CCCN1C(=O)C(Nc2ccc(CC)cc2)=C(c2ccc(C)c(C)c2)C1=O. The van der Waals surface area contributed by atoms with E-state index in [1.165, 1.54) is 10.5 Å². The van der Waals surface area contributed by atoms with E-state index in [0.29, 0.717) is 17.8 Å². The fourth-order valence-electron chi connectivity index (χ4n) is 3.25. The van der Waals surface area contributed by atoms with Gasteiger partial charge >= 0.3 is 0 Å². The number of aryl methyl sites for hydroxylation is 3. The van der Waals surface area contributed by atoms with Crippen LogP contribution in [0.1, 0.15) is 42.5 Å². The van der Waals surface area contributed by atoms with Crippen LogP contribution in [0.15, 0.2) is 48.2 Å². The van der Waals surface area contributed by atoms with Gasteiger partial charge in [-0.25, -0.2) is 0 Å². The summed E-state index contributed by atoms with van der Waals surface area (Å²) >= 11 is 0. The molecule has 0 saturated heterocycles. The number of anilines is 1. The molecule has 0 spiro atoms. The van der Waals surface area contributed by atoms with Crippen molar-refractivity contribution in [1.82, 2.24) is 4.90 Å². The van der Waals surface area contributed by atoms with E-state index in [9.17, 15) is 9.59 Å². The Morgan fingerprint density at radius 1 is 0.889 bits per heavy atom. The minimum Gasteiger partial charge on any atom is -0.350 e. The lowest BCUT2D eigenvalue weighted by atomic mass is 9.99. The van der Waals surface area contributed by atoms with Gasteiger partial charge in [0.15, 0.2) is 0 Å². The van der Waals surface area contributed by atoms with E-state index in [1.807, 2.05) is 63.2 Å². The van der Waals surface area contributed by atoms with E-state index >= 15 is 0 Å². The number of carbonyl (C=O) groups is 2. The number of rotatable bonds is 6. The van der Waals surface area contributed by atoms with Gasteiger partial charge in [-0.1, -0.05) is 44.2 Å². The van der Waals surface area contributed by atoms with Crippen molar-refractivity contribution in [3.05, 3.63) is 70.4 Å². The van der Waals surface area contributed by atoms with Crippen LogP contribution in [0.4, 0.5) is 5.69 Å². The highest BCUT2D eigenvalue weighted by Crippen LogP contribution is 2.31. The maximum Gasteiger partial charge on any atom is 0.278 e. The van der Waals surface area contributed by atoms with Crippen LogP contribution in [0, 0.1) is 13.8 Å². The molecule has 1 heterocycles. The number of hydrogen-bond acceptors (Lipinski definition) is 3. The Labute approximate surface area is 160 Å². The van der Waals surface area contributed by atoms with Gasteiger partial charge in [0.2, 0.25) is 0 Å². The van der Waals surface area contributed by atoms with Gasteiger partial charge in [0.25, 0.3) is 11.8 Å². The molecule has 0 aromatic heterocycles. The van der Waals surface area contributed by atoms with E-state index < -0.39 is 0 Å². The molecule has 0 saturated carbocycles. The summed E-state index contributed by atoms with van der Waals surface area (Å²) in [6, 6.07) is 13.8. The first-order chi connectivity index (χ1) is 13.0. The number of hydrogen-bond donors (Lipinski definition) is 1. The zero-order chi connectivity index (χ0) is 19.6. The highest BCUT2D eigenvalue weighted by molar-refractivity contribution is 6.36. The van der Waals surface area contributed by atoms with Crippen LogP contribution in [-0.4, -0.2) is 23.3 Å². The van der Waals surface area contributed by atoms with Gasteiger partial charge < -0.3 is 5.32 Å². The van der Waals surface area contributed by atoms with Crippen molar-refractivity contribution < 1.29 is 9.59 Å². The summed E-state index contributed by atoms with van der Waals surface area (Å²) in [5.41, 5.74) is 5.89. The van der Waals surface area contributed by atoms with Crippen molar-refractivity contribution in [2.45, 2.75) is 40.5 Å². The maximum absolute atomic E-state index is 13.0. The molecule has 2 aromatic rings. The van der Waals surface area contributed by atoms with Crippen molar-refractivity contribution in [3.8, 4) is 0 Å². The van der Waals surface area contributed by atoms with Gasteiger partial charge in [-0.05, 0) is 61.1 Å². The van der Waals surface area contributed by atoms with E-state index in [0.717, 1.165) is 35.2 Å². The fourth-order valence-corrected chi connectivity index (χ4v) is 3.25. The summed E-state index contributed by atoms with van der Waals surface area (Å²) in [5.74, 6) is -0.479. The molecule has 1 N–H and O–H groups in total. The van der Waals surface area contributed by atoms with Crippen LogP contribution in [-0.2, 0) is 16.0 Å². The zero-order valence-electron chi connectivity index (χ0n) is 16.4. The van der Waals surface area contributed by atoms with Crippen LogP contribution in [0.25, 0.3) is 5.57 Å². The molecule has 0 radical (unpaired) electrons. The first kappa shape index (κ1) is 18.9. The number of nitrogens with one attached hydrogen (secondary N) is 1. The molecule has 0 atom stereocenters. The van der Waals surface area contributed by atoms with Crippen molar-refractivity contribution in [2.75, 3.05) is 11.9 Å². The predicted octanol–water partition coefficient (Wildman–Crippen LogP) is 4.47. The van der Waals surface area contributed by atoms with Gasteiger partial charge in [-0.2, -0.15) is 0 Å². The molecular formula is C23H26N2O2. The van der Waals surface area contributed by atoms with Crippen LogP contribution in [0.5, 0.6) is 0 Å². The Bertz CT molecular complexity index is 910. The number of nitrogens with zero attached hydrogens (tertiary/aromatic N) is 1. The monoisotopic (exact) mass is 362 g/mol. The van der Waals surface area contributed by atoms with E-state index in [2.05, 4.69) is 12.2 Å². The highest BCUT2D eigenvalue weighted by Gasteiger charge is 2.38. The third-order valence-electron chi connectivity index (χ3n) is 5.04. The van der Waals surface area contributed by atoms with E-state index in [4.69, 9.17) is 0 Å². The average molecular weight is 362 g/mol. The Hall–Kier alpha value is -2.88. The number of amides is 2. The highest BCUT2D eigenvalue weighted by atomic mass is 16.2. The molecule has 2 amide bonds. The molecule has 4 nitrogen and oxygen atoms in total. The molecule has 1 aliphatic rings. The lowest BCUT2D eigenvalue weighted by Crippen LogP contribution is -2.33. The first-order valence-corrected chi connectivity index (χ1v) is 9.50. The summed E-state index contributed by atoms with van der Waals surface area (Å²) in [6.45, 7) is 8.54. The topological polar surface area (TPSA) is 49.4 Å². The molecule has 140 valence electrons. The van der Waals surface area contributed by atoms with Gasteiger partial charge in [0, 0.05) is 12.2 Å². The normalized spacial score (nSPS) is 14.3. The quantitative estimate of drug-likeness (QED) is 0.772. The largest absolute Gasteiger partial charge is 0.350 e. The maximum atomic E-state index is 13.0. The van der Waals surface area contributed by atoms with Crippen LogP contribution in [0.3, 0.4) is 0 Å². The molecule has 4 heteroatoms. The van der Waals surface area contributed by atoms with Crippen LogP contribution in [0.2, 0.25) is 0 Å². The summed E-state index contributed by atoms with van der Waals surface area (Å²) in [4.78, 5) is 27.3.